The Hall–Kier alpha value is -1.42. The second-order valence-corrected chi connectivity index (χ2v) is 3.42. The summed E-state index contributed by atoms with van der Waals surface area (Å²) in [6, 6.07) is 3.24. The number of aromatic nitrogens is 1. The standard InChI is InChI=1S/C10H14N2O2/c1-11(2)6-7-12-5-3-4-9(8-12)10(13)14/h3-5,8H,6-7H2,1-2H3. The molecule has 0 unspecified atom stereocenters. The molecule has 0 aliphatic heterocycles. The molecule has 0 bridgehead atoms. The van der Waals surface area contributed by atoms with Gasteiger partial charge in [0, 0.05) is 6.07 Å². The summed E-state index contributed by atoms with van der Waals surface area (Å²) in [5.41, 5.74) is 0.214. The van der Waals surface area contributed by atoms with Crippen molar-refractivity contribution in [1.29, 1.82) is 0 Å². The van der Waals surface area contributed by atoms with Crippen LogP contribution in [0.2, 0.25) is 0 Å². The van der Waals surface area contributed by atoms with E-state index in [4.69, 9.17) is 0 Å². The van der Waals surface area contributed by atoms with E-state index < -0.39 is 5.97 Å². The van der Waals surface area contributed by atoms with Crippen molar-refractivity contribution in [3.63, 3.8) is 0 Å². The fraction of sp³-hybridized carbons (Fsp3) is 0.400. The van der Waals surface area contributed by atoms with Crippen LogP contribution in [0, 0.1) is 0 Å². The molecule has 0 saturated carbocycles. The molecular formula is C10H14N2O2. The van der Waals surface area contributed by atoms with Crippen LogP contribution in [-0.4, -0.2) is 31.5 Å². The van der Waals surface area contributed by atoms with Crippen LogP contribution >= 0.6 is 0 Å². The fourth-order valence-electron chi connectivity index (χ4n) is 1.10. The number of carbonyl (C=O) groups excluding carboxylic acids is 1. The molecule has 0 saturated heterocycles. The van der Waals surface area contributed by atoms with E-state index in [1.165, 1.54) is 6.07 Å². The van der Waals surface area contributed by atoms with Crippen molar-refractivity contribution < 1.29 is 14.5 Å². The molecule has 1 aromatic rings. The van der Waals surface area contributed by atoms with Gasteiger partial charge in [-0.3, -0.25) is 0 Å². The Bertz CT molecular complexity index is 324. The molecule has 0 amide bonds. The van der Waals surface area contributed by atoms with E-state index in [1.807, 2.05) is 29.8 Å². The monoisotopic (exact) mass is 194 g/mol. The minimum absolute atomic E-state index is 0.214. The Morgan fingerprint density at radius 3 is 2.86 bits per heavy atom. The lowest BCUT2D eigenvalue weighted by Gasteiger charge is -2.06. The number of carboxylic acids is 1. The van der Waals surface area contributed by atoms with Crippen molar-refractivity contribution in [2.75, 3.05) is 20.6 Å². The van der Waals surface area contributed by atoms with Crippen molar-refractivity contribution >= 4 is 5.97 Å². The van der Waals surface area contributed by atoms with E-state index in [1.54, 1.807) is 12.3 Å². The van der Waals surface area contributed by atoms with E-state index >= 15 is 0 Å². The highest BCUT2D eigenvalue weighted by atomic mass is 16.4. The number of likely N-dealkylation sites (N-methyl/N-ethyl adjacent to an activating group) is 1. The summed E-state index contributed by atoms with van der Waals surface area (Å²) in [7, 11) is 3.95. The van der Waals surface area contributed by atoms with Gasteiger partial charge in [-0.25, -0.2) is 4.57 Å². The van der Waals surface area contributed by atoms with Crippen molar-refractivity contribution in [2.45, 2.75) is 6.54 Å². The van der Waals surface area contributed by atoms with Crippen LogP contribution in [0.5, 0.6) is 0 Å². The van der Waals surface area contributed by atoms with Gasteiger partial charge in [0.25, 0.3) is 0 Å². The second-order valence-electron chi connectivity index (χ2n) is 3.42. The van der Waals surface area contributed by atoms with Crippen LogP contribution in [0.1, 0.15) is 10.4 Å². The number of hydrogen-bond acceptors (Lipinski definition) is 3. The maximum absolute atomic E-state index is 10.6. The average molecular weight is 194 g/mol. The molecule has 0 radical (unpaired) electrons. The van der Waals surface area contributed by atoms with Crippen molar-refractivity contribution in [3.8, 4) is 0 Å². The van der Waals surface area contributed by atoms with Crippen LogP contribution < -0.4 is 9.67 Å². The van der Waals surface area contributed by atoms with Crippen LogP contribution in [0.25, 0.3) is 0 Å². The number of carboxylic acid groups (broad SMARTS) is 1. The number of carbonyl (C=O) groups is 1. The molecule has 0 atom stereocenters. The Balaban J connectivity index is 2.69. The molecule has 14 heavy (non-hydrogen) atoms. The zero-order valence-corrected chi connectivity index (χ0v) is 8.43. The Morgan fingerprint density at radius 1 is 1.57 bits per heavy atom. The predicted molar refractivity (Wildman–Crippen MR) is 49.5 cm³/mol. The molecule has 76 valence electrons. The van der Waals surface area contributed by atoms with E-state index in [9.17, 15) is 9.90 Å². The maximum atomic E-state index is 10.6. The molecule has 0 aliphatic carbocycles. The van der Waals surface area contributed by atoms with Crippen LogP contribution in [-0.2, 0) is 6.54 Å². The molecule has 4 nitrogen and oxygen atoms in total. The van der Waals surface area contributed by atoms with Crippen LogP contribution in [0.15, 0.2) is 24.5 Å². The van der Waals surface area contributed by atoms with E-state index in [-0.39, 0.29) is 5.56 Å². The van der Waals surface area contributed by atoms with Gasteiger partial charge in [-0.15, -0.1) is 0 Å². The third kappa shape index (κ3) is 3.14. The van der Waals surface area contributed by atoms with Gasteiger partial charge in [-0.1, -0.05) is 0 Å². The van der Waals surface area contributed by atoms with Gasteiger partial charge >= 0.3 is 0 Å². The van der Waals surface area contributed by atoms with Gasteiger partial charge < -0.3 is 14.8 Å². The van der Waals surface area contributed by atoms with Crippen LogP contribution in [0.3, 0.4) is 0 Å². The predicted octanol–water partition coefficient (Wildman–Crippen LogP) is -1.10. The zero-order valence-electron chi connectivity index (χ0n) is 8.43. The highest BCUT2D eigenvalue weighted by Gasteiger charge is 2.03. The van der Waals surface area contributed by atoms with Crippen molar-refractivity contribution in [1.82, 2.24) is 4.90 Å². The highest BCUT2D eigenvalue weighted by molar-refractivity contribution is 5.84. The average Bonchev–Trinajstić information content (AvgIpc) is 2.15. The first-order valence-corrected chi connectivity index (χ1v) is 4.45. The third-order valence-electron chi connectivity index (χ3n) is 1.90. The smallest absolute Gasteiger partial charge is 0.177 e. The number of rotatable bonds is 4. The molecule has 0 aromatic carbocycles. The zero-order chi connectivity index (χ0) is 10.6. The summed E-state index contributed by atoms with van der Waals surface area (Å²) in [6.45, 7) is 1.65. The molecule has 1 rings (SSSR count). The molecular weight excluding hydrogens is 180 g/mol. The van der Waals surface area contributed by atoms with E-state index in [0.717, 1.165) is 13.1 Å². The lowest BCUT2D eigenvalue weighted by Crippen LogP contribution is -2.39. The number of hydrogen-bond donors (Lipinski definition) is 0. The largest absolute Gasteiger partial charge is 0.545 e. The highest BCUT2D eigenvalue weighted by Crippen LogP contribution is 1.91. The third-order valence-corrected chi connectivity index (χ3v) is 1.90. The van der Waals surface area contributed by atoms with Gasteiger partial charge in [0.1, 0.15) is 0 Å². The maximum Gasteiger partial charge on any atom is 0.177 e. The topological polar surface area (TPSA) is 47.2 Å². The van der Waals surface area contributed by atoms with Crippen LogP contribution in [0.4, 0.5) is 0 Å². The number of pyridine rings is 1. The second kappa shape index (κ2) is 4.72. The first-order chi connectivity index (χ1) is 6.59. The molecule has 1 aromatic heterocycles. The minimum atomic E-state index is -1.13. The van der Waals surface area contributed by atoms with Crippen molar-refractivity contribution in [2.24, 2.45) is 0 Å². The molecule has 4 heteroatoms. The normalized spacial score (nSPS) is 10.5. The molecule has 0 N–H and O–H groups in total. The van der Waals surface area contributed by atoms with Gasteiger partial charge in [-0.05, 0) is 20.2 Å². The molecule has 0 fully saturated rings. The van der Waals surface area contributed by atoms with Gasteiger partial charge in [-0.2, -0.15) is 0 Å². The molecule has 1 heterocycles. The van der Waals surface area contributed by atoms with Gasteiger partial charge in [0.2, 0.25) is 0 Å². The van der Waals surface area contributed by atoms with Gasteiger partial charge in [0.05, 0.1) is 18.1 Å². The lowest BCUT2D eigenvalue weighted by atomic mass is 10.3. The lowest BCUT2D eigenvalue weighted by molar-refractivity contribution is -0.696. The quantitative estimate of drug-likeness (QED) is 0.572. The first kappa shape index (κ1) is 10.7. The number of aromatic carboxylic acids is 1. The Labute approximate surface area is 83.4 Å². The molecule has 0 aliphatic rings. The summed E-state index contributed by atoms with van der Waals surface area (Å²) in [5.74, 6) is -1.13. The van der Waals surface area contributed by atoms with Gasteiger partial charge in [0.15, 0.2) is 18.9 Å². The molecule has 0 spiro atoms. The summed E-state index contributed by atoms with van der Waals surface area (Å²) in [6.07, 6.45) is 3.43. The number of nitrogens with zero attached hydrogens (tertiary/aromatic N) is 2. The minimum Gasteiger partial charge on any atom is -0.545 e. The SMILES string of the molecule is CN(C)CC[n+]1cccc(C(=O)[O-])c1. The Kier molecular flexibility index (Phi) is 3.59. The summed E-state index contributed by atoms with van der Waals surface area (Å²) in [4.78, 5) is 12.6. The fourth-order valence-corrected chi connectivity index (χ4v) is 1.10. The van der Waals surface area contributed by atoms with E-state index in [0.29, 0.717) is 0 Å². The summed E-state index contributed by atoms with van der Waals surface area (Å²) >= 11 is 0. The summed E-state index contributed by atoms with van der Waals surface area (Å²) < 4.78 is 1.84. The van der Waals surface area contributed by atoms with Crippen molar-refractivity contribution in [3.05, 3.63) is 30.1 Å². The first-order valence-electron chi connectivity index (χ1n) is 4.45. The summed E-state index contributed by atoms with van der Waals surface area (Å²) in [5, 5.41) is 10.6. The van der Waals surface area contributed by atoms with E-state index in [2.05, 4.69) is 0 Å². The Morgan fingerprint density at radius 2 is 2.29 bits per heavy atom.